The van der Waals surface area contributed by atoms with Crippen molar-refractivity contribution in [2.24, 2.45) is 18.9 Å². The van der Waals surface area contributed by atoms with Crippen LogP contribution in [0.3, 0.4) is 0 Å². The zero-order valence-corrected chi connectivity index (χ0v) is 25.7. The number of fused-ring (bicyclic) bond motifs is 4. The smallest absolute Gasteiger partial charge is 0.247 e. The molecule has 0 saturated carbocycles. The van der Waals surface area contributed by atoms with Gasteiger partial charge in [0.2, 0.25) is 11.8 Å². The molecule has 6 rings (SSSR count). The maximum absolute atomic E-state index is 13.9. The van der Waals surface area contributed by atoms with Crippen molar-refractivity contribution in [3.05, 3.63) is 76.4 Å². The Hall–Kier alpha value is -4.02. The second-order valence-corrected chi connectivity index (χ2v) is 12.2. The minimum atomic E-state index is -0.259. The number of nitrogens with zero attached hydrogens (tertiary/aromatic N) is 7. The molecule has 2 unspecified atom stereocenters. The van der Waals surface area contributed by atoms with Gasteiger partial charge in [-0.15, -0.1) is 5.10 Å². The number of anilines is 1. The van der Waals surface area contributed by atoms with Gasteiger partial charge in [0.15, 0.2) is 5.15 Å². The predicted octanol–water partition coefficient (Wildman–Crippen LogP) is 6.12. The largest absolute Gasteiger partial charge is 0.330 e. The van der Waals surface area contributed by atoms with Gasteiger partial charge >= 0.3 is 0 Å². The molecular formula is C31H32Cl2N8O2. The Morgan fingerprint density at radius 2 is 1.93 bits per heavy atom. The van der Waals surface area contributed by atoms with E-state index >= 15 is 0 Å². The second kappa shape index (κ2) is 11.9. The number of aryl methyl sites for hydroxylation is 1. The average Bonchev–Trinajstić information content (AvgIpc) is 3.57. The van der Waals surface area contributed by atoms with Gasteiger partial charge < -0.3 is 10.2 Å². The third kappa shape index (κ3) is 5.81. The van der Waals surface area contributed by atoms with Gasteiger partial charge in [0.25, 0.3) is 0 Å². The zero-order valence-electron chi connectivity index (χ0n) is 24.2. The molecule has 5 heterocycles. The summed E-state index contributed by atoms with van der Waals surface area (Å²) in [7, 11) is 1.85. The van der Waals surface area contributed by atoms with E-state index in [0.29, 0.717) is 36.5 Å². The lowest BCUT2D eigenvalue weighted by Crippen LogP contribution is -2.38. The lowest BCUT2D eigenvalue weighted by atomic mass is 9.87. The average molecular weight is 620 g/mol. The highest BCUT2D eigenvalue weighted by Gasteiger charge is 2.32. The molecule has 222 valence electrons. The van der Waals surface area contributed by atoms with Crippen molar-refractivity contribution < 1.29 is 9.59 Å². The molecule has 2 aliphatic heterocycles. The van der Waals surface area contributed by atoms with Gasteiger partial charge in [-0.3, -0.25) is 19.3 Å². The van der Waals surface area contributed by atoms with Gasteiger partial charge in [0.1, 0.15) is 0 Å². The van der Waals surface area contributed by atoms with Crippen molar-refractivity contribution in [1.29, 1.82) is 0 Å². The Bertz CT molecular complexity index is 1730. The minimum Gasteiger partial charge on any atom is -0.330 e. The molecule has 43 heavy (non-hydrogen) atoms. The highest BCUT2D eigenvalue weighted by Crippen LogP contribution is 2.37. The molecule has 12 heteroatoms. The van der Waals surface area contributed by atoms with Crippen LogP contribution >= 0.6 is 23.2 Å². The first-order valence-electron chi connectivity index (χ1n) is 14.4. The summed E-state index contributed by atoms with van der Waals surface area (Å²) in [5.41, 5.74) is 5.55. The molecule has 1 aromatic carbocycles. The lowest BCUT2D eigenvalue weighted by molar-refractivity contribution is -0.129. The van der Waals surface area contributed by atoms with E-state index in [9.17, 15) is 9.59 Å². The van der Waals surface area contributed by atoms with Gasteiger partial charge in [-0.1, -0.05) is 48.7 Å². The van der Waals surface area contributed by atoms with E-state index in [1.165, 1.54) is 0 Å². The molecule has 2 aliphatic rings. The molecule has 4 aromatic rings. The SMILES string of the molecule is CC(C)C1CCCC(N2CCC(c3cc(Cl)ccc3-n3cc(Cl)nn3)=CC2=O)c2cc(ccn2)-c2c(cnn2C)NC1=O. The number of aromatic nitrogens is 6. The zero-order chi connectivity index (χ0) is 30.2. The molecule has 2 amide bonds. The fraction of sp³-hybridized carbons (Fsp3) is 0.355. The normalized spacial score (nSPS) is 19.4. The van der Waals surface area contributed by atoms with E-state index in [2.05, 4.69) is 34.6 Å². The molecule has 0 aliphatic carbocycles. The molecule has 0 radical (unpaired) electrons. The standard InChI is InChI=1S/C31H32Cl2N8O2/c1-18(2)22-5-4-6-27(24-13-20(9-11-34-24)30-25(36-31(22)43)16-35-39(30)3)40-12-10-19(14-29(40)42)23-15-21(32)7-8-26(23)41-17-28(33)37-38-41/h7-9,11,13-18,22,27H,4-6,10,12H2,1-3H3,(H,36,43). The summed E-state index contributed by atoms with van der Waals surface area (Å²) in [5.74, 6) is -0.128. The summed E-state index contributed by atoms with van der Waals surface area (Å²) in [6.07, 6.45) is 9.50. The Kier molecular flexibility index (Phi) is 8.07. The molecule has 0 fully saturated rings. The van der Waals surface area contributed by atoms with Gasteiger partial charge in [-0.2, -0.15) is 5.10 Å². The number of amides is 2. The van der Waals surface area contributed by atoms with Gasteiger partial charge in [0.05, 0.1) is 41.2 Å². The van der Waals surface area contributed by atoms with Crippen molar-refractivity contribution in [2.75, 3.05) is 11.9 Å². The third-order valence-electron chi connectivity index (χ3n) is 8.32. The van der Waals surface area contributed by atoms with Crippen LogP contribution in [0.15, 0.2) is 55.0 Å². The van der Waals surface area contributed by atoms with E-state index in [0.717, 1.165) is 40.2 Å². The third-order valence-corrected chi connectivity index (χ3v) is 8.73. The molecule has 0 spiro atoms. The fourth-order valence-electron chi connectivity index (χ4n) is 6.14. The van der Waals surface area contributed by atoms with Gasteiger partial charge in [0, 0.05) is 47.9 Å². The van der Waals surface area contributed by atoms with Crippen LogP contribution in [0.1, 0.15) is 56.8 Å². The van der Waals surface area contributed by atoms with Crippen molar-refractivity contribution in [3.63, 3.8) is 0 Å². The Morgan fingerprint density at radius 1 is 1.09 bits per heavy atom. The molecule has 0 saturated heterocycles. The minimum absolute atomic E-state index is 0.0109. The number of nitrogens with one attached hydrogen (secondary N) is 1. The molecule has 10 nitrogen and oxygen atoms in total. The highest BCUT2D eigenvalue weighted by molar-refractivity contribution is 6.31. The number of pyridine rings is 1. The van der Waals surface area contributed by atoms with Crippen molar-refractivity contribution in [3.8, 4) is 16.9 Å². The summed E-state index contributed by atoms with van der Waals surface area (Å²) >= 11 is 12.4. The van der Waals surface area contributed by atoms with Crippen LogP contribution in [-0.2, 0) is 16.6 Å². The first-order valence-corrected chi connectivity index (χ1v) is 15.1. The van der Waals surface area contributed by atoms with E-state index < -0.39 is 0 Å². The van der Waals surface area contributed by atoms with Gasteiger partial charge in [-0.25, -0.2) is 4.68 Å². The van der Waals surface area contributed by atoms with Crippen LogP contribution in [0.2, 0.25) is 10.2 Å². The van der Waals surface area contributed by atoms with Crippen LogP contribution in [0.25, 0.3) is 22.5 Å². The maximum atomic E-state index is 13.9. The van der Waals surface area contributed by atoms with Crippen molar-refractivity contribution in [1.82, 2.24) is 34.7 Å². The Labute approximate surface area is 259 Å². The number of halogens is 2. The summed E-state index contributed by atoms with van der Waals surface area (Å²) in [4.78, 5) is 33.9. The Balaban J connectivity index is 1.37. The van der Waals surface area contributed by atoms with Crippen molar-refractivity contribution in [2.45, 2.75) is 45.6 Å². The number of hydrogen-bond donors (Lipinski definition) is 1. The molecule has 3 aromatic heterocycles. The van der Waals surface area contributed by atoms with Crippen LogP contribution in [-0.4, -0.2) is 53.0 Å². The van der Waals surface area contributed by atoms with Crippen LogP contribution < -0.4 is 5.32 Å². The number of benzene rings is 1. The van der Waals surface area contributed by atoms with E-state index in [1.807, 2.05) is 36.2 Å². The van der Waals surface area contributed by atoms with Crippen LogP contribution in [0.4, 0.5) is 5.69 Å². The lowest BCUT2D eigenvalue weighted by Gasteiger charge is -2.35. The predicted molar refractivity (Wildman–Crippen MR) is 166 cm³/mol. The second-order valence-electron chi connectivity index (χ2n) is 11.4. The summed E-state index contributed by atoms with van der Waals surface area (Å²) in [6, 6.07) is 9.11. The quantitative estimate of drug-likeness (QED) is 0.295. The first-order chi connectivity index (χ1) is 20.7. The van der Waals surface area contributed by atoms with E-state index in [1.54, 1.807) is 40.1 Å². The summed E-state index contributed by atoms with van der Waals surface area (Å²) < 4.78 is 3.34. The summed E-state index contributed by atoms with van der Waals surface area (Å²) in [5, 5.41) is 16.4. The molecule has 2 atom stereocenters. The fourth-order valence-corrected chi connectivity index (χ4v) is 6.44. The monoisotopic (exact) mass is 618 g/mol. The topological polar surface area (TPSA) is 111 Å². The van der Waals surface area contributed by atoms with Crippen molar-refractivity contribution >= 4 is 46.3 Å². The van der Waals surface area contributed by atoms with Crippen LogP contribution in [0, 0.1) is 11.8 Å². The molecule has 2 bridgehead atoms. The maximum Gasteiger partial charge on any atom is 0.247 e. The number of carbonyl (C=O) groups is 2. The van der Waals surface area contributed by atoms with E-state index in [4.69, 9.17) is 28.2 Å². The number of hydrogen-bond acceptors (Lipinski definition) is 6. The van der Waals surface area contributed by atoms with Crippen LogP contribution in [0.5, 0.6) is 0 Å². The molecular weight excluding hydrogens is 587 g/mol. The van der Waals surface area contributed by atoms with E-state index in [-0.39, 0.29) is 34.8 Å². The summed E-state index contributed by atoms with van der Waals surface area (Å²) in [6.45, 7) is 4.63. The number of rotatable bonds is 4. The molecule has 1 N–H and O–H groups in total. The number of carbonyl (C=O) groups excluding carboxylic acids is 2. The Morgan fingerprint density at radius 3 is 2.67 bits per heavy atom. The van der Waals surface area contributed by atoms with Gasteiger partial charge in [-0.05, 0) is 61.1 Å². The first kappa shape index (κ1) is 29.1. The highest BCUT2D eigenvalue weighted by atomic mass is 35.5.